The minimum atomic E-state index is -0.0617. The molecule has 1 N–H and O–H groups in total. The van der Waals surface area contributed by atoms with Crippen LogP contribution in [0.2, 0.25) is 0 Å². The zero-order chi connectivity index (χ0) is 27.3. The molecule has 1 aromatic heterocycles. The number of carbonyl (C=O) groups excluding carboxylic acids is 2. The fourth-order valence-corrected chi connectivity index (χ4v) is 5.81. The second-order valence-corrected chi connectivity index (χ2v) is 10.7. The zero-order valence-corrected chi connectivity index (χ0v) is 22.8. The summed E-state index contributed by atoms with van der Waals surface area (Å²) in [6.45, 7) is 5.87. The van der Waals surface area contributed by atoms with Crippen molar-refractivity contribution in [2.24, 2.45) is 0 Å². The van der Waals surface area contributed by atoms with E-state index in [0.29, 0.717) is 45.1 Å². The molecule has 3 amide bonds. The van der Waals surface area contributed by atoms with E-state index in [1.807, 2.05) is 35.2 Å². The maximum atomic E-state index is 12.9. The number of piperidine rings is 1. The normalized spacial score (nSPS) is 18.2. The first-order chi connectivity index (χ1) is 19.6. The summed E-state index contributed by atoms with van der Waals surface area (Å²) in [6, 6.07) is 13.8. The lowest BCUT2D eigenvalue weighted by Crippen LogP contribution is -2.42. The van der Waals surface area contributed by atoms with Crippen LogP contribution in [-0.4, -0.2) is 90.8 Å². The van der Waals surface area contributed by atoms with Crippen molar-refractivity contribution in [3.05, 3.63) is 54.5 Å². The molecular formula is C30H36N6O4. The van der Waals surface area contributed by atoms with Gasteiger partial charge in [0.2, 0.25) is 0 Å². The molecule has 40 heavy (non-hydrogen) atoms. The molecule has 3 aromatic rings. The molecule has 0 spiro atoms. The third-order valence-electron chi connectivity index (χ3n) is 8.12. The Kier molecular flexibility index (Phi) is 7.94. The smallest absolute Gasteiger partial charge is 0.321 e. The van der Waals surface area contributed by atoms with E-state index in [4.69, 9.17) is 9.47 Å². The van der Waals surface area contributed by atoms with Crippen LogP contribution in [0.1, 0.15) is 37.3 Å². The summed E-state index contributed by atoms with van der Waals surface area (Å²) in [7, 11) is 0. The van der Waals surface area contributed by atoms with Crippen LogP contribution < -0.4 is 15.0 Å². The van der Waals surface area contributed by atoms with E-state index in [9.17, 15) is 9.59 Å². The Labute approximate surface area is 234 Å². The minimum absolute atomic E-state index is 0.00738. The number of morpholine rings is 1. The van der Waals surface area contributed by atoms with Crippen LogP contribution in [0.15, 0.2) is 48.8 Å². The van der Waals surface area contributed by atoms with Crippen molar-refractivity contribution in [1.29, 1.82) is 0 Å². The lowest BCUT2D eigenvalue weighted by Gasteiger charge is -2.32. The van der Waals surface area contributed by atoms with Gasteiger partial charge < -0.3 is 29.5 Å². The SMILES string of the molecule is O=C(COc1ccc2c(C3CCN(C(=O)Nc4ccc(N5CCCC5)cc4)CC3)ncnc2c1)N1CCOCC1. The van der Waals surface area contributed by atoms with E-state index in [2.05, 4.69) is 32.3 Å². The molecule has 210 valence electrons. The van der Waals surface area contributed by atoms with Crippen molar-refractivity contribution in [2.75, 3.05) is 69.3 Å². The molecular weight excluding hydrogens is 508 g/mol. The number of benzene rings is 2. The standard InChI is InChI=1S/C30H36N6O4/c37-28(35-15-17-39-18-16-35)20-40-25-7-8-26-27(19-25)31-21-32-29(26)22-9-13-36(14-10-22)30(38)33-23-3-5-24(6-4-23)34-11-1-2-12-34/h3-8,19,21-22H,1-2,9-18,20H2,(H,33,38). The van der Waals surface area contributed by atoms with Gasteiger partial charge in [0, 0.05) is 68.0 Å². The van der Waals surface area contributed by atoms with Gasteiger partial charge >= 0.3 is 6.03 Å². The molecule has 2 aromatic carbocycles. The van der Waals surface area contributed by atoms with Crippen molar-refractivity contribution in [1.82, 2.24) is 19.8 Å². The van der Waals surface area contributed by atoms with E-state index < -0.39 is 0 Å². The van der Waals surface area contributed by atoms with Crippen LogP contribution in [0.4, 0.5) is 16.2 Å². The largest absolute Gasteiger partial charge is 0.484 e. The summed E-state index contributed by atoms with van der Waals surface area (Å²) in [5.74, 6) is 0.810. The number of hydrogen-bond acceptors (Lipinski definition) is 7. The number of hydrogen-bond donors (Lipinski definition) is 1. The molecule has 0 bridgehead atoms. The summed E-state index contributed by atoms with van der Waals surface area (Å²) in [5.41, 5.74) is 3.83. The first-order valence-electron chi connectivity index (χ1n) is 14.3. The fourth-order valence-electron chi connectivity index (χ4n) is 5.81. The van der Waals surface area contributed by atoms with E-state index in [1.165, 1.54) is 18.5 Å². The molecule has 3 saturated heterocycles. The first-order valence-corrected chi connectivity index (χ1v) is 14.3. The number of nitrogens with one attached hydrogen (secondary N) is 1. The van der Waals surface area contributed by atoms with Crippen LogP contribution in [0.25, 0.3) is 10.9 Å². The number of urea groups is 1. The van der Waals surface area contributed by atoms with Crippen molar-refractivity contribution < 1.29 is 19.1 Å². The van der Waals surface area contributed by atoms with Crippen LogP contribution in [0.3, 0.4) is 0 Å². The van der Waals surface area contributed by atoms with Gasteiger partial charge in [-0.05, 0) is 62.1 Å². The Bertz CT molecular complexity index is 1330. The molecule has 10 heteroatoms. The lowest BCUT2D eigenvalue weighted by molar-refractivity contribution is -0.137. The van der Waals surface area contributed by atoms with Gasteiger partial charge in [0.05, 0.1) is 24.4 Å². The number of ether oxygens (including phenoxy) is 2. The van der Waals surface area contributed by atoms with Gasteiger partial charge in [-0.15, -0.1) is 0 Å². The maximum Gasteiger partial charge on any atom is 0.321 e. The molecule has 4 heterocycles. The summed E-state index contributed by atoms with van der Waals surface area (Å²) < 4.78 is 11.1. The molecule has 3 aliphatic rings. The van der Waals surface area contributed by atoms with Gasteiger partial charge in [-0.3, -0.25) is 4.79 Å². The highest BCUT2D eigenvalue weighted by molar-refractivity contribution is 5.89. The van der Waals surface area contributed by atoms with E-state index in [-0.39, 0.29) is 24.5 Å². The van der Waals surface area contributed by atoms with Gasteiger partial charge in [0.1, 0.15) is 12.1 Å². The number of amides is 3. The lowest BCUT2D eigenvalue weighted by atomic mass is 9.91. The molecule has 3 aliphatic heterocycles. The number of aromatic nitrogens is 2. The highest BCUT2D eigenvalue weighted by atomic mass is 16.5. The molecule has 0 atom stereocenters. The van der Waals surface area contributed by atoms with Gasteiger partial charge in [0.15, 0.2) is 6.61 Å². The zero-order valence-electron chi connectivity index (χ0n) is 22.8. The third kappa shape index (κ3) is 5.96. The third-order valence-corrected chi connectivity index (χ3v) is 8.12. The predicted molar refractivity (Wildman–Crippen MR) is 153 cm³/mol. The van der Waals surface area contributed by atoms with Crippen LogP contribution in [0.5, 0.6) is 5.75 Å². The molecule has 10 nitrogen and oxygen atoms in total. The Morgan fingerprint density at radius 2 is 1.65 bits per heavy atom. The average molecular weight is 545 g/mol. The van der Waals surface area contributed by atoms with Gasteiger partial charge in [0.25, 0.3) is 5.91 Å². The first kappa shape index (κ1) is 26.3. The highest BCUT2D eigenvalue weighted by Gasteiger charge is 2.26. The van der Waals surface area contributed by atoms with Crippen molar-refractivity contribution >= 4 is 34.2 Å². The Hall–Kier alpha value is -3.92. The van der Waals surface area contributed by atoms with Crippen LogP contribution in [0, 0.1) is 0 Å². The van der Waals surface area contributed by atoms with Crippen molar-refractivity contribution in [3.8, 4) is 5.75 Å². The molecule has 0 unspecified atom stereocenters. The minimum Gasteiger partial charge on any atom is -0.484 e. The number of likely N-dealkylation sites (tertiary alicyclic amines) is 1. The second-order valence-electron chi connectivity index (χ2n) is 10.7. The summed E-state index contributed by atoms with van der Waals surface area (Å²) in [6.07, 6.45) is 5.74. The molecule has 0 aliphatic carbocycles. The van der Waals surface area contributed by atoms with E-state index >= 15 is 0 Å². The van der Waals surface area contributed by atoms with Gasteiger partial charge in [-0.1, -0.05) is 0 Å². The Morgan fingerprint density at radius 1 is 0.900 bits per heavy atom. The summed E-state index contributed by atoms with van der Waals surface area (Å²) >= 11 is 0. The number of carbonyl (C=O) groups is 2. The summed E-state index contributed by atoms with van der Waals surface area (Å²) in [5, 5.41) is 4.04. The number of anilines is 2. The Balaban J connectivity index is 1.03. The fraction of sp³-hybridized carbons (Fsp3) is 0.467. The van der Waals surface area contributed by atoms with E-state index in [0.717, 1.165) is 48.2 Å². The maximum absolute atomic E-state index is 12.9. The second kappa shape index (κ2) is 12.1. The average Bonchev–Trinajstić information content (AvgIpc) is 3.55. The van der Waals surface area contributed by atoms with Crippen molar-refractivity contribution in [2.45, 2.75) is 31.6 Å². The molecule has 0 radical (unpaired) electrons. The van der Waals surface area contributed by atoms with Crippen LogP contribution in [-0.2, 0) is 9.53 Å². The highest BCUT2D eigenvalue weighted by Crippen LogP contribution is 2.32. The number of nitrogens with zero attached hydrogens (tertiary/aromatic N) is 5. The molecule has 6 rings (SSSR count). The topological polar surface area (TPSA) is 100 Å². The van der Waals surface area contributed by atoms with E-state index in [1.54, 1.807) is 11.2 Å². The van der Waals surface area contributed by atoms with Crippen molar-refractivity contribution in [3.63, 3.8) is 0 Å². The predicted octanol–water partition coefficient (Wildman–Crippen LogP) is 3.88. The van der Waals surface area contributed by atoms with Gasteiger partial charge in [-0.25, -0.2) is 14.8 Å². The summed E-state index contributed by atoms with van der Waals surface area (Å²) in [4.78, 5) is 40.5. The molecule has 3 fully saturated rings. The number of rotatable bonds is 6. The monoisotopic (exact) mass is 544 g/mol. The Morgan fingerprint density at radius 3 is 2.40 bits per heavy atom. The molecule has 0 saturated carbocycles. The van der Waals surface area contributed by atoms with Gasteiger partial charge in [-0.2, -0.15) is 0 Å². The van der Waals surface area contributed by atoms with Crippen LogP contribution >= 0.6 is 0 Å². The number of fused-ring (bicyclic) bond motifs is 1. The quantitative estimate of drug-likeness (QED) is 0.503.